The fourth-order valence-corrected chi connectivity index (χ4v) is 3.51. The van der Waals surface area contributed by atoms with Crippen LogP contribution >= 0.6 is 0 Å². The Hall–Kier alpha value is -1.01. The van der Waals surface area contributed by atoms with Gasteiger partial charge in [0.15, 0.2) is 9.84 Å². The van der Waals surface area contributed by atoms with Crippen LogP contribution in [0.3, 0.4) is 0 Å². The fourth-order valence-electron chi connectivity index (χ4n) is 2.00. The van der Waals surface area contributed by atoms with Crippen LogP contribution in [0.4, 0.5) is 0 Å². The SMILES string of the molecule is COc1ccc(CS(=O)(=O)Cc2ccc(OC)cc2)cc1.[Na]. The Kier molecular flexibility index (Phi) is 7.42. The monoisotopic (exact) mass is 329 g/mol. The van der Waals surface area contributed by atoms with Crippen molar-refractivity contribution in [2.24, 2.45) is 0 Å². The van der Waals surface area contributed by atoms with Crippen LogP contribution < -0.4 is 9.47 Å². The van der Waals surface area contributed by atoms with Gasteiger partial charge >= 0.3 is 0 Å². The summed E-state index contributed by atoms with van der Waals surface area (Å²) in [5.41, 5.74) is 1.51. The van der Waals surface area contributed by atoms with E-state index in [1.807, 2.05) is 0 Å². The van der Waals surface area contributed by atoms with Gasteiger partial charge < -0.3 is 9.47 Å². The largest absolute Gasteiger partial charge is 0.497 e. The predicted molar refractivity (Wildman–Crippen MR) is 88.1 cm³/mol. The molecule has 0 unspecified atom stereocenters. The predicted octanol–water partition coefficient (Wildman–Crippen LogP) is 2.44. The minimum Gasteiger partial charge on any atom is -0.497 e. The van der Waals surface area contributed by atoms with Gasteiger partial charge in [-0.3, -0.25) is 0 Å². The summed E-state index contributed by atoms with van der Waals surface area (Å²) in [7, 11) is -0.0509. The van der Waals surface area contributed by atoms with E-state index in [4.69, 9.17) is 9.47 Å². The van der Waals surface area contributed by atoms with Crippen LogP contribution in [-0.2, 0) is 21.3 Å². The summed E-state index contributed by atoms with van der Waals surface area (Å²) in [6, 6.07) is 14.1. The van der Waals surface area contributed by atoms with Crippen molar-refractivity contribution >= 4 is 39.4 Å². The van der Waals surface area contributed by atoms with Gasteiger partial charge in [-0.25, -0.2) is 8.42 Å². The second kappa shape index (κ2) is 8.58. The van der Waals surface area contributed by atoms with E-state index in [2.05, 4.69) is 0 Å². The van der Waals surface area contributed by atoms with Gasteiger partial charge in [0.1, 0.15) is 11.5 Å². The third kappa shape index (κ3) is 5.65. The average Bonchev–Trinajstić information content (AvgIpc) is 2.48. The maximum atomic E-state index is 12.2. The Morgan fingerprint density at radius 3 is 1.32 bits per heavy atom. The smallest absolute Gasteiger partial charge is 0.158 e. The van der Waals surface area contributed by atoms with E-state index in [-0.39, 0.29) is 41.1 Å². The molecule has 0 aromatic heterocycles. The van der Waals surface area contributed by atoms with Crippen molar-refractivity contribution in [3.05, 3.63) is 59.7 Å². The zero-order valence-corrected chi connectivity index (χ0v) is 15.9. The van der Waals surface area contributed by atoms with Gasteiger partial charge in [-0.2, -0.15) is 0 Å². The van der Waals surface area contributed by atoms with Crippen LogP contribution in [0.1, 0.15) is 11.1 Å². The van der Waals surface area contributed by atoms with Crippen LogP contribution in [0.15, 0.2) is 48.5 Å². The normalized spacial score (nSPS) is 10.6. The molecule has 0 saturated heterocycles. The first-order valence-electron chi connectivity index (χ1n) is 6.49. The van der Waals surface area contributed by atoms with Crippen molar-refractivity contribution in [2.45, 2.75) is 11.5 Å². The Balaban J connectivity index is 0.00000242. The van der Waals surface area contributed by atoms with Crippen molar-refractivity contribution in [2.75, 3.05) is 14.2 Å². The summed E-state index contributed by atoms with van der Waals surface area (Å²) in [5, 5.41) is 0. The first-order valence-corrected chi connectivity index (χ1v) is 8.31. The van der Waals surface area contributed by atoms with Gasteiger partial charge in [-0.15, -0.1) is 0 Å². The number of sulfone groups is 1. The van der Waals surface area contributed by atoms with Gasteiger partial charge in [0.05, 0.1) is 25.7 Å². The van der Waals surface area contributed by atoms with Crippen LogP contribution in [0.5, 0.6) is 11.5 Å². The summed E-state index contributed by atoms with van der Waals surface area (Å²) in [5.74, 6) is 1.46. The third-order valence-electron chi connectivity index (χ3n) is 3.09. The van der Waals surface area contributed by atoms with Crippen molar-refractivity contribution in [3.8, 4) is 11.5 Å². The zero-order valence-electron chi connectivity index (χ0n) is 13.1. The molecular weight excluding hydrogens is 311 g/mol. The Morgan fingerprint density at radius 1 is 0.727 bits per heavy atom. The van der Waals surface area contributed by atoms with Gasteiger partial charge in [-0.1, -0.05) is 24.3 Å². The Morgan fingerprint density at radius 2 is 1.05 bits per heavy atom. The third-order valence-corrected chi connectivity index (χ3v) is 4.64. The number of benzene rings is 2. The Labute approximate surface area is 153 Å². The molecule has 0 N–H and O–H groups in total. The van der Waals surface area contributed by atoms with Gasteiger partial charge in [-0.05, 0) is 35.4 Å². The second-order valence-corrected chi connectivity index (χ2v) is 6.79. The molecule has 0 aliphatic rings. The summed E-state index contributed by atoms with van der Waals surface area (Å²) in [6.07, 6.45) is 0. The molecule has 22 heavy (non-hydrogen) atoms. The first-order chi connectivity index (χ1) is 10.0. The molecule has 0 atom stereocenters. The quantitative estimate of drug-likeness (QED) is 0.764. The molecule has 0 amide bonds. The molecule has 4 nitrogen and oxygen atoms in total. The molecular formula is C16H18NaO4S. The van der Waals surface area contributed by atoms with Crippen molar-refractivity contribution in [1.82, 2.24) is 0 Å². The van der Waals surface area contributed by atoms with E-state index >= 15 is 0 Å². The van der Waals surface area contributed by atoms with Gasteiger partial charge in [0.2, 0.25) is 0 Å². The first kappa shape index (κ1) is 19.0. The van der Waals surface area contributed by atoms with E-state index in [0.29, 0.717) is 11.5 Å². The second-order valence-electron chi connectivity index (χ2n) is 4.73. The van der Waals surface area contributed by atoms with Crippen LogP contribution in [0.25, 0.3) is 0 Å². The van der Waals surface area contributed by atoms with Crippen molar-refractivity contribution in [3.63, 3.8) is 0 Å². The van der Waals surface area contributed by atoms with Gasteiger partial charge in [0.25, 0.3) is 0 Å². The molecule has 2 aromatic rings. The Bertz CT molecular complexity index is 624. The minimum atomic E-state index is -3.21. The molecule has 0 heterocycles. The van der Waals surface area contributed by atoms with Crippen molar-refractivity contribution < 1.29 is 17.9 Å². The molecule has 113 valence electrons. The summed E-state index contributed by atoms with van der Waals surface area (Å²) >= 11 is 0. The minimum absolute atomic E-state index is 0. The van der Waals surface area contributed by atoms with Crippen LogP contribution in [-0.4, -0.2) is 52.2 Å². The molecule has 0 spiro atoms. The average molecular weight is 329 g/mol. The van der Waals surface area contributed by atoms with E-state index in [9.17, 15) is 8.42 Å². The number of hydrogen-bond acceptors (Lipinski definition) is 4. The molecule has 2 rings (SSSR count). The van der Waals surface area contributed by atoms with E-state index in [1.54, 1.807) is 62.8 Å². The van der Waals surface area contributed by atoms with Crippen molar-refractivity contribution in [1.29, 1.82) is 0 Å². The molecule has 0 bridgehead atoms. The van der Waals surface area contributed by atoms with E-state index in [0.717, 1.165) is 11.1 Å². The fraction of sp³-hybridized carbons (Fsp3) is 0.250. The molecule has 6 heteroatoms. The maximum Gasteiger partial charge on any atom is 0.158 e. The summed E-state index contributed by atoms with van der Waals surface area (Å²) < 4.78 is 34.5. The molecule has 0 aliphatic heterocycles. The number of rotatable bonds is 6. The molecule has 0 aliphatic carbocycles. The van der Waals surface area contributed by atoms with Crippen LogP contribution in [0.2, 0.25) is 0 Å². The molecule has 0 fully saturated rings. The summed E-state index contributed by atoms with van der Waals surface area (Å²) in [4.78, 5) is 0. The van der Waals surface area contributed by atoms with E-state index in [1.165, 1.54) is 0 Å². The van der Waals surface area contributed by atoms with Crippen LogP contribution in [0, 0.1) is 0 Å². The molecule has 0 saturated carbocycles. The topological polar surface area (TPSA) is 52.6 Å². The maximum absolute atomic E-state index is 12.2. The molecule has 1 radical (unpaired) electrons. The number of ether oxygens (including phenoxy) is 2. The number of hydrogen-bond donors (Lipinski definition) is 0. The molecule has 2 aromatic carbocycles. The summed E-state index contributed by atoms with van der Waals surface area (Å²) in [6.45, 7) is 0. The number of methoxy groups -OCH3 is 2. The standard InChI is InChI=1S/C16H18O4S.Na/c1-19-15-7-3-13(4-8-15)11-21(17,18)12-14-5-9-16(20-2)10-6-14;/h3-10H,11-12H2,1-2H3;. The van der Waals surface area contributed by atoms with Gasteiger partial charge in [0, 0.05) is 29.6 Å². The zero-order chi connectivity index (χ0) is 15.3. The van der Waals surface area contributed by atoms with E-state index < -0.39 is 9.84 Å².